The van der Waals surface area contributed by atoms with Gasteiger partial charge in [-0.15, -0.1) is 0 Å². The van der Waals surface area contributed by atoms with Crippen LogP contribution in [0.15, 0.2) is 53.4 Å². The molecular formula is C16H19NO5S. The van der Waals surface area contributed by atoms with Gasteiger partial charge < -0.3 is 14.2 Å². The SMILES string of the molecule is COCCOc1ccc(S(=O)(=O)Nc2ccc(OC)cc2)cc1. The summed E-state index contributed by atoms with van der Waals surface area (Å²) in [4.78, 5) is 0.160. The van der Waals surface area contributed by atoms with E-state index in [-0.39, 0.29) is 4.90 Å². The Morgan fingerprint density at radius 3 is 2.04 bits per heavy atom. The largest absolute Gasteiger partial charge is 0.497 e. The van der Waals surface area contributed by atoms with Crippen LogP contribution >= 0.6 is 0 Å². The van der Waals surface area contributed by atoms with E-state index in [9.17, 15) is 8.42 Å². The normalized spacial score (nSPS) is 11.0. The van der Waals surface area contributed by atoms with Crippen LogP contribution in [0.5, 0.6) is 11.5 Å². The molecule has 1 N–H and O–H groups in total. The summed E-state index contributed by atoms with van der Waals surface area (Å²) in [6.07, 6.45) is 0. The minimum Gasteiger partial charge on any atom is -0.497 e. The third-order valence-corrected chi connectivity index (χ3v) is 4.43. The van der Waals surface area contributed by atoms with Crippen molar-refractivity contribution in [1.29, 1.82) is 0 Å². The van der Waals surface area contributed by atoms with E-state index in [1.807, 2.05) is 0 Å². The summed E-state index contributed by atoms with van der Waals surface area (Å²) in [6, 6.07) is 12.9. The topological polar surface area (TPSA) is 73.9 Å². The lowest BCUT2D eigenvalue weighted by Crippen LogP contribution is -2.13. The zero-order chi connectivity index (χ0) is 16.7. The first-order chi connectivity index (χ1) is 11.0. The average molecular weight is 337 g/mol. The van der Waals surface area contributed by atoms with E-state index in [1.54, 1.807) is 50.6 Å². The summed E-state index contributed by atoms with van der Waals surface area (Å²) in [7, 11) is -0.508. The van der Waals surface area contributed by atoms with Gasteiger partial charge in [0, 0.05) is 12.8 Å². The third kappa shape index (κ3) is 4.87. The third-order valence-electron chi connectivity index (χ3n) is 3.03. The number of hydrogen-bond donors (Lipinski definition) is 1. The van der Waals surface area contributed by atoms with Crippen molar-refractivity contribution in [3.63, 3.8) is 0 Å². The highest BCUT2D eigenvalue weighted by atomic mass is 32.2. The fraction of sp³-hybridized carbons (Fsp3) is 0.250. The second-order valence-electron chi connectivity index (χ2n) is 4.65. The minimum atomic E-state index is -3.65. The highest BCUT2D eigenvalue weighted by Gasteiger charge is 2.14. The Hall–Kier alpha value is -2.25. The molecule has 7 heteroatoms. The predicted molar refractivity (Wildman–Crippen MR) is 87.6 cm³/mol. The molecule has 0 bridgehead atoms. The summed E-state index contributed by atoms with van der Waals surface area (Å²) in [6.45, 7) is 0.881. The molecule has 0 unspecified atom stereocenters. The number of anilines is 1. The van der Waals surface area contributed by atoms with Gasteiger partial charge >= 0.3 is 0 Å². The molecule has 0 aromatic heterocycles. The van der Waals surface area contributed by atoms with E-state index >= 15 is 0 Å². The van der Waals surface area contributed by atoms with Gasteiger partial charge in [-0.1, -0.05) is 0 Å². The van der Waals surface area contributed by atoms with Gasteiger partial charge in [-0.2, -0.15) is 0 Å². The molecule has 0 fully saturated rings. The molecule has 2 aromatic carbocycles. The van der Waals surface area contributed by atoms with Crippen molar-refractivity contribution in [2.75, 3.05) is 32.2 Å². The van der Waals surface area contributed by atoms with Gasteiger partial charge in [0.15, 0.2) is 0 Å². The van der Waals surface area contributed by atoms with Crippen molar-refractivity contribution in [1.82, 2.24) is 0 Å². The molecule has 0 atom stereocenters. The molecular weight excluding hydrogens is 318 g/mol. The van der Waals surface area contributed by atoms with Crippen molar-refractivity contribution < 1.29 is 22.6 Å². The second-order valence-corrected chi connectivity index (χ2v) is 6.33. The molecule has 0 aliphatic heterocycles. The standard InChI is InChI=1S/C16H19NO5S/c1-20-11-12-22-15-7-9-16(10-8-15)23(18,19)17-13-3-5-14(21-2)6-4-13/h3-10,17H,11-12H2,1-2H3. The number of sulfonamides is 1. The predicted octanol–water partition coefficient (Wildman–Crippen LogP) is 2.52. The van der Waals surface area contributed by atoms with E-state index in [4.69, 9.17) is 14.2 Å². The Morgan fingerprint density at radius 2 is 1.48 bits per heavy atom. The Bertz CT molecular complexity index is 711. The molecule has 23 heavy (non-hydrogen) atoms. The zero-order valence-electron chi connectivity index (χ0n) is 13.0. The first kappa shape index (κ1) is 17.1. The molecule has 0 radical (unpaired) electrons. The quantitative estimate of drug-likeness (QED) is 0.749. The van der Waals surface area contributed by atoms with Gasteiger partial charge in [-0.05, 0) is 48.5 Å². The Morgan fingerprint density at radius 1 is 0.870 bits per heavy atom. The fourth-order valence-corrected chi connectivity index (χ4v) is 2.89. The van der Waals surface area contributed by atoms with Gasteiger partial charge in [0.1, 0.15) is 18.1 Å². The van der Waals surface area contributed by atoms with E-state index in [0.29, 0.717) is 30.4 Å². The van der Waals surface area contributed by atoms with Crippen molar-refractivity contribution in [3.05, 3.63) is 48.5 Å². The maximum atomic E-state index is 12.3. The van der Waals surface area contributed by atoms with Crippen LogP contribution in [0.1, 0.15) is 0 Å². The van der Waals surface area contributed by atoms with Crippen LogP contribution in [-0.2, 0) is 14.8 Å². The molecule has 0 saturated carbocycles. The van der Waals surface area contributed by atoms with Gasteiger partial charge in [-0.3, -0.25) is 4.72 Å². The van der Waals surface area contributed by atoms with Crippen molar-refractivity contribution in [3.8, 4) is 11.5 Å². The molecule has 6 nitrogen and oxygen atoms in total. The number of rotatable bonds is 8. The molecule has 2 aromatic rings. The lowest BCUT2D eigenvalue weighted by atomic mass is 10.3. The van der Waals surface area contributed by atoms with Crippen LogP contribution < -0.4 is 14.2 Å². The highest BCUT2D eigenvalue weighted by Crippen LogP contribution is 2.21. The molecule has 124 valence electrons. The molecule has 0 heterocycles. The van der Waals surface area contributed by atoms with Crippen LogP contribution in [0.2, 0.25) is 0 Å². The van der Waals surface area contributed by atoms with Gasteiger partial charge in [0.2, 0.25) is 0 Å². The maximum Gasteiger partial charge on any atom is 0.261 e. The lowest BCUT2D eigenvalue weighted by molar-refractivity contribution is 0.146. The molecule has 0 amide bonds. The van der Waals surface area contributed by atoms with Crippen molar-refractivity contribution in [2.45, 2.75) is 4.90 Å². The summed E-state index contributed by atoms with van der Waals surface area (Å²) < 4.78 is 42.5. The Balaban J connectivity index is 2.06. The zero-order valence-corrected chi connectivity index (χ0v) is 13.8. The van der Waals surface area contributed by atoms with Gasteiger partial charge in [-0.25, -0.2) is 8.42 Å². The molecule has 0 spiro atoms. The number of ether oxygens (including phenoxy) is 3. The summed E-state index contributed by atoms with van der Waals surface area (Å²) in [5.41, 5.74) is 0.464. The fourth-order valence-electron chi connectivity index (χ4n) is 1.83. The lowest BCUT2D eigenvalue weighted by Gasteiger charge is -2.10. The first-order valence-electron chi connectivity index (χ1n) is 6.94. The van der Waals surface area contributed by atoms with E-state index in [1.165, 1.54) is 12.1 Å². The summed E-state index contributed by atoms with van der Waals surface area (Å²) in [5, 5.41) is 0. The summed E-state index contributed by atoms with van der Waals surface area (Å²) >= 11 is 0. The number of methoxy groups -OCH3 is 2. The van der Waals surface area contributed by atoms with Crippen LogP contribution in [0.4, 0.5) is 5.69 Å². The van der Waals surface area contributed by atoms with Crippen LogP contribution in [0, 0.1) is 0 Å². The smallest absolute Gasteiger partial charge is 0.261 e. The maximum absolute atomic E-state index is 12.3. The van der Waals surface area contributed by atoms with Crippen molar-refractivity contribution in [2.24, 2.45) is 0 Å². The molecule has 0 saturated heterocycles. The monoisotopic (exact) mass is 337 g/mol. The summed E-state index contributed by atoms with van der Waals surface area (Å²) in [5.74, 6) is 1.25. The molecule has 0 aliphatic rings. The number of benzene rings is 2. The Kier molecular flexibility index (Phi) is 5.84. The number of nitrogens with one attached hydrogen (secondary N) is 1. The first-order valence-corrected chi connectivity index (χ1v) is 8.42. The number of hydrogen-bond acceptors (Lipinski definition) is 5. The van der Waals surface area contributed by atoms with E-state index < -0.39 is 10.0 Å². The Labute approximate surface area is 136 Å². The van der Waals surface area contributed by atoms with Gasteiger partial charge in [0.25, 0.3) is 10.0 Å². The molecule has 2 rings (SSSR count). The minimum absolute atomic E-state index is 0.160. The van der Waals surface area contributed by atoms with Gasteiger partial charge in [0.05, 0.1) is 18.6 Å². The van der Waals surface area contributed by atoms with Crippen molar-refractivity contribution >= 4 is 15.7 Å². The second kappa shape index (κ2) is 7.85. The van der Waals surface area contributed by atoms with Crippen LogP contribution in [0.25, 0.3) is 0 Å². The average Bonchev–Trinajstić information content (AvgIpc) is 2.56. The van der Waals surface area contributed by atoms with Crippen LogP contribution in [-0.4, -0.2) is 35.9 Å². The van der Waals surface area contributed by atoms with Crippen LogP contribution in [0.3, 0.4) is 0 Å². The van der Waals surface area contributed by atoms with E-state index in [0.717, 1.165) is 0 Å². The highest BCUT2D eigenvalue weighted by molar-refractivity contribution is 7.92. The molecule has 0 aliphatic carbocycles. The van der Waals surface area contributed by atoms with E-state index in [2.05, 4.69) is 4.72 Å².